The number of guanidine groups is 1. The zero-order chi connectivity index (χ0) is 17.3. The van der Waals surface area contributed by atoms with Crippen LogP contribution < -0.4 is 10.6 Å². The standard InChI is InChI=1S/C19H22N6.HI/c1-20-19(22-10-9-16-5-3-2-4-6-16)24-14-17-7-8-18(23-13-17)25-12-11-21-15-25;/h2-8,11-13,15H,9-10,14H2,1H3,(H2,20,22,24);1H. The number of pyridine rings is 1. The summed E-state index contributed by atoms with van der Waals surface area (Å²) in [7, 11) is 1.78. The summed E-state index contributed by atoms with van der Waals surface area (Å²) in [6.07, 6.45) is 8.17. The fourth-order valence-corrected chi connectivity index (χ4v) is 2.44. The third-order valence-corrected chi connectivity index (χ3v) is 3.81. The molecule has 0 amide bonds. The lowest BCUT2D eigenvalue weighted by Crippen LogP contribution is -2.37. The summed E-state index contributed by atoms with van der Waals surface area (Å²) in [6, 6.07) is 14.4. The van der Waals surface area contributed by atoms with Crippen LogP contribution in [0.15, 0.2) is 72.4 Å². The van der Waals surface area contributed by atoms with E-state index < -0.39 is 0 Å². The number of rotatable bonds is 6. The van der Waals surface area contributed by atoms with E-state index in [1.54, 1.807) is 19.6 Å². The molecule has 3 rings (SSSR count). The summed E-state index contributed by atoms with van der Waals surface area (Å²) in [5.41, 5.74) is 2.40. The number of benzene rings is 1. The maximum atomic E-state index is 4.45. The fourth-order valence-electron chi connectivity index (χ4n) is 2.44. The Hall–Kier alpha value is -2.42. The zero-order valence-electron chi connectivity index (χ0n) is 14.7. The highest BCUT2D eigenvalue weighted by molar-refractivity contribution is 14.0. The van der Waals surface area contributed by atoms with Crippen molar-refractivity contribution in [2.45, 2.75) is 13.0 Å². The number of nitrogens with one attached hydrogen (secondary N) is 2. The molecule has 2 heterocycles. The van der Waals surface area contributed by atoms with E-state index in [4.69, 9.17) is 0 Å². The predicted octanol–water partition coefficient (Wildman–Crippen LogP) is 2.79. The van der Waals surface area contributed by atoms with E-state index in [-0.39, 0.29) is 24.0 Å². The van der Waals surface area contributed by atoms with Gasteiger partial charge in [0.05, 0.1) is 0 Å². The van der Waals surface area contributed by atoms with Crippen LogP contribution in [0.3, 0.4) is 0 Å². The summed E-state index contributed by atoms with van der Waals surface area (Å²) in [5.74, 6) is 1.64. The van der Waals surface area contributed by atoms with Crippen molar-refractivity contribution >= 4 is 29.9 Å². The van der Waals surface area contributed by atoms with Crippen molar-refractivity contribution in [3.05, 3.63) is 78.5 Å². The van der Waals surface area contributed by atoms with Gasteiger partial charge in [-0.05, 0) is 23.6 Å². The average molecular weight is 462 g/mol. The van der Waals surface area contributed by atoms with Crippen molar-refractivity contribution in [2.24, 2.45) is 4.99 Å². The van der Waals surface area contributed by atoms with Gasteiger partial charge in [-0.15, -0.1) is 24.0 Å². The second kappa shape index (κ2) is 10.5. The van der Waals surface area contributed by atoms with Gasteiger partial charge in [-0.3, -0.25) is 9.56 Å². The van der Waals surface area contributed by atoms with E-state index in [0.717, 1.165) is 30.3 Å². The van der Waals surface area contributed by atoms with E-state index in [2.05, 4.69) is 49.9 Å². The third kappa shape index (κ3) is 5.83. The van der Waals surface area contributed by atoms with Gasteiger partial charge in [-0.2, -0.15) is 0 Å². The van der Waals surface area contributed by atoms with Gasteiger partial charge in [0.15, 0.2) is 5.96 Å². The zero-order valence-corrected chi connectivity index (χ0v) is 17.0. The molecule has 0 spiro atoms. The van der Waals surface area contributed by atoms with Crippen molar-refractivity contribution < 1.29 is 0 Å². The fraction of sp³-hybridized carbons (Fsp3) is 0.211. The summed E-state index contributed by atoms with van der Waals surface area (Å²) in [4.78, 5) is 12.7. The molecule has 26 heavy (non-hydrogen) atoms. The molecule has 0 saturated heterocycles. The maximum Gasteiger partial charge on any atom is 0.191 e. The van der Waals surface area contributed by atoms with Crippen molar-refractivity contribution in [1.82, 2.24) is 25.2 Å². The molecule has 0 saturated carbocycles. The Morgan fingerprint density at radius 1 is 1.08 bits per heavy atom. The van der Waals surface area contributed by atoms with Crippen LogP contribution in [0, 0.1) is 0 Å². The summed E-state index contributed by atoms with van der Waals surface area (Å²) >= 11 is 0. The molecule has 1 aromatic carbocycles. The molecule has 2 N–H and O–H groups in total. The summed E-state index contributed by atoms with van der Waals surface area (Å²) in [6.45, 7) is 1.50. The Morgan fingerprint density at radius 2 is 1.92 bits per heavy atom. The van der Waals surface area contributed by atoms with Crippen molar-refractivity contribution in [2.75, 3.05) is 13.6 Å². The normalized spacial score (nSPS) is 10.9. The van der Waals surface area contributed by atoms with E-state index in [1.807, 2.05) is 35.2 Å². The number of imidazole rings is 1. The number of hydrogen-bond donors (Lipinski definition) is 2. The average Bonchev–Trinajstić information content (AvgIpc) is 3.20. The van der Waals surface area contributed by atoms with Crippen LogP contribution in [-0.2, 0) is 13.0 Å². The summed E-state index contributed by atoms with van der Waals surface area (Å²) < 4.78 is 1.88. The van der Waals surface area contributed by atoms with Crippen molar-refractivity contribution in [3.8, 4) is 5.82 Å². The van der Waals surface area contributed by atoms with Gasteiger partial charge in [-0.1, -0.05) is 36.4 Å². The number of halogens is 1. The minimum atomic E-state index is 0. The van der Waals surface area contributed by atoms with Crippen LogP contribution in [-0.4, -0.2) is 34.1 Å². The minimum Gasteiger partial charge on any atom is -0.356 e. The molecule has 0 aliphatic carbocycles. The number of hydrogen-bond acceptors (Lipinski definition) is 3. The quantitative estimate of drug-likeness (QED) is 0.336. The molecule has 7 heteroatoms. The monoisotopic (exact) mass is 462 g/mol. The topological polar surface area (TPSA) is 67.1 Å². The van der Waals surface area contributed by atoms with Gasteiger partial charge < -0.3 is 10.6 Å². The molecular formula is C19H23IN6. The number of aromatic nitrogens is 3. The lowest BCUT2D eigenvalue weighted by atomic mass is 10.1. The Bertz CT molecular complexity index is 785. The smallest absolute Gasteiger partial charge is 0.191 e. The second-order valence-corrected chi connectivity index (χ2v) is 5.58. The van der Waals surface area contributed by atoms with Crippen LogP contribution in [0.25, 0.3) is 5.82 Å². The van der Waals surface area contributed by atoms with E-state index in [9.17, 15) is 0 Å². The lowest BCUT2D eigenvalue weighted by Gasteiger charge is -2.12. The number of aliphatic imine (C=N–C) groups is 1. The predicted molar refractivity (Wildman–Crippen MR) is 115 cm³/mol. The van der Waals surface area contributed by atoms with Gasteiger partial charge >= 0.3 is 0 Å². The molecule has 0 aliphatic rings. The van der Waals surface area contributed by atoms with Gasteiger partial charge in [0.25, 0.3) is 0 Å². The molecule has 0 atom stereocenters. The van der Waals surface area contributed by atoms with Crippen LogP contribution >= 0.6 is 24.0 Å². The first-order chi connectivity index (χ1) is 12.3. The Labute approximate surface area is 170 Å². The van der Waals surface area contributed by atoms with Crippen molar-refractivity contribution in [3.63, 3.8) is 0 Å². The maximum absolute atomic E-state index is 4.45. The molecular weight excluding hydrogens is 439 g/mol. The highest BCUT2D eigenvalue weighted by Crippen LogP contribution is 2.05. The molecule has 6 nitrogen and oxygen atoms in total. The van der Waals surface area contributed by atoms with Crippen LogP contribution in [0.5, 0.6) is 0 Å². The molecule has 0 fully saturated rings. The van der Waals surface area contributed by atoms with Gasteiger partial charge in [-0.25, -0.2) is 9.97 Å². The first-order valence-electron chi connectivity index (χ1n) is 8.27. The van der Waals surface area contributed by atoms with E-state index in [1.165, 1.54) is 5.56 Å². The molecule has 0 unspecified atom stereocenters. The molecule has 0 radical (unpaired) electrons. The molecule has 0 bridgehead atoms. The van der Waals surface area contributed by atoms with Gasteiger partial charge in [0.2, 0.25) is 0 Å². The van der Waals surface area contributed by atoms with Crippen LogP contribution in [0.4, 0.5) is 0 Å². The van der Waals surface area contributed by atoms with E-state index >= 15 is 0 Å². The van der Waals surface area contributed by atoms with Crippen LogP contribution in [0.2, 0.25) is 0 Å². The molecule has 0 aliphatic heterocycles. The first-order valence-corrected chi connectivity index (χ1v) is 8.27. The molecule has 2 aromatic heterocycles. The van der Waals surface area contributed by atoms with E-state index in [0.29, 0.717) is 6.54 Å². The Balaban J connectivity index is 0.00000243. The second-order valence-electron chi connectivity index (χ2n) is 5.58. The van der Waals surface area contributed by atoms with Gasteiger partial charge in [0, 0.05) is 38.7 Å². The Kier molecular flexibility index (Phi) is 8.07. The summed E-state index contributed by atoms with van der Waals surface area (Å²) in [5, 5.41) is 6.63. The van der Waals surface area contributed by atoms with Crippen molar-refractivity contribution in [1.29, 1.82) is 0 Å². The largest absolute Gasteiger partial charge is 0.356 e. The molecule has 3 aromatic rings. The highest BCUT2D eigenvalue weighted by Gasteiger charge is 2.01. The first kappa shape index (κ1) is 19.9. The Morgan fingerprint density at radius 3 is 2.58 bits per heavy atom. The number of nitrogens with zero attached hydrogens (tertiary/aromatic N) is 4. The minimum absolute atomic E-state index is 0. The SMILES string of the molecule is CN=C(NCCc1ccccc1)NCc1ccc(-n2ccnc2)nc1.I. The van der Waals surface area contributed by atoms with Gasteiger partial charge in [0.1, 0.15) is 12.1 Å². The lowest BCUT2D eigenvalue weighted by molar-refractivity contribution is 0.792. The molecule has 136 valence electrons. The van der Waals surface area contributed by atoms with Crippen LogP contribution in [0.1, 0.15) is 11.1 Å². The highest BCUT2D eigenvalue weighted by atomic mass is 127. The third-order valence-electron chi connectivity index (χ3n) is 3.81.